The highest BCUT2D eigenvalue weighted by Gasteiger charge is 2.06. The molecule has 0 saturated carbocycles. The molecule has 0 radical (unpaired) electrons. The molecule has 0 amide bonds. The molecule has 0 fully saturated rings. The average molecular weight is 236 g/mol. The van der Waals surface area contributed by atoms with Crippen LogP contribution < -0.4 is 5.56 Å². The van der Waals surface area contributed by atoms with Gasteiger partial charge in [0.15, 0.2) is 0 Å². The van der Waals surface area contributed by atoms with Crippen molar-refractivity contribution in [1.82, 2.24) is 9.38 Å². The van der Waals surface area contributed by atoms with E-state index in [1.807, 2.05) is 49.4 Å². The van der Waals surface area contributed by atoms with Gasteiger partial charge < -0.3 is 0 Å². The summed E-state index contributed by atoms with van der Waals surface area (Å²) in [5.41, 5.74) is 3.32. The van der Waals surface area contributed by atoms with E-state index in [0.717, 1.165) is 5.56 Å². The van der Waals surface area contributed by atoms with E-state index in [2.05, 4.69) is 4.98 Å². The van der Waals surface area contributed by atoms with Crippen LogP contribution in [0.2, 0.25) is 0 Å². The van der Waals surface area contributed by atoms with Gasteiger partial charge in [-0.25, -0.2) is 4.98 Å². The molecular formula is C15H12N2O. The fourth-order valence-electron chi connectivity index (χ4n) is 1.96. The normalized spacial score (nSPS) is 10.7. The van der Waals surface area contributed by atoms with Gasteiger partial charge in [-0.3, -0.25) is 9.20 Å². The van der Waals surface area contributed by atoms with E-state index in [9.17, 15) is 4.79 Å². The summed E-state index contributed by atoms with van der Waals surface area (Å²) < 4.78 is 1.56. The van der Waals surface area contributed by atoms with Gasteiger partial charge >= 0.3 is 0 Å². The fraction of sp³-hybridized carbons (Fsp3) is 0.0667. The van der Waals surface area contributed by atoms with E-state index in [-0.39, 0.29) is 5.56 Å². The molecule has 3 nitrogen and oxygen atoms in total. The van der Waals surface area contributed by atoms with Crippen LogP contribution in [0.25, 0.3) is 16.8 Å². The smallest absolute Gasteiger partial charge is 0.265 e. The zero-order valence-electron chi connectivity index (χ0n) is 10.00. The topological polar surface area (TPSA) is 34.4 Å². The second kappa shape index (κ2) is 4.11. The maximum Gasteiger partial charge on any atom is 0.265 e. The van der Waals surface area contributed by atoms with Crippen LogP contribution in [0.1, 0.15) is 5.56 Å². The largest absolute Gasteiger partial charge is 0.268 e. The van der Waals surface area contributed by atoms with Gasteiger partial charge in [0.25, 0.3) is 5.56 Å². The number of aryl methyl sites for hydroxylation is 1. The molecule has 0 unspecified atom stereocenters. The van der Waals surface area contributed by atoms with Crippen molar-refractivity contribution in [2.24, 2.45) is 0 Å². The number of rotatable bonds is 1. The quantitative estimate of drug-likeness (QED) is 0.651. The Morgan fingerprint density at radius 3 is 2.61 bits per heavy atom. The summed E-state index contributed by atoms with van der Waals surface area (Å²) in [6, 6.07) is 13.4. The molecule has 0 N–H and O–H groups in total. The zero-order valence-corrected chi connectivity index (χ0v) is 10.00. The lowest BCUT2D eigenvalue weighted by atomic mass is 10.1. The predicted molar refractivity (Wildman–Crippen MR) is 71.6 cm³/mol. The van der Waals surface area contributed by atoms with Crippen molar-refractivity contribution in [3.8, 4) is 11.1 Å². The Bertz CT molecular complexity index is 757. The SMILES string of the molecule is Cc1ccc(-c2cnc3ccccn3c2=O)cc1. The number of pyridine rings is 1. The molecule has 0 saturated heterocycles. The minimum Gasteiger partial charge on any atom is -0.268 e. The second-order valence-corrected chi connectivity index (χ2v) is 4.27. The number of nitrogens with zero attached hydrogens (tertiary/aromatic N) is 2. The van der Waals surface area contributed by atoms with Gasteiger partial charge in [0, 0.05) is 12.4 Å². The highest BCUT2D eigenvalue weighted by atomic mass is 16.1. The number of hydrogen-bond acceptors (Lipinski definition) is 2. The van der Waals surface area contributed by atoms with Crippen molar-refractivity contribution in [1.29, 1.82) is 0 Å². The molecule has 0 atom stereocenters. The second-order valence-electron chi connectivity index (χ2n) is 4.27. The van der Waals surface area contributed by atoms with Crippen LogP contribution in [0.15, 0.2) is 59.7 Å². The maximum atomic E-state index is 12.3. The summed E-state index contributed by atoms with van der Waals surface area (Å²) in [4.78, 5) is 16.6. The van der Waals surface area contributed by atoms with E-state index >= 15 is 0 Å². The van der Waals surface area contributed by atoms with Crippen LogP contribution in [-0.4, -0.2) is 9.38 Å². The van der Waals surface area contributed by atoms with Crippen molar-refractivity contribution in [3.63, 3.8) is 0 Å². The lowest BCUT2D eigenvalue weighted by Crippen LogP contribution is -2.16. The van der Waals surface area contributed by atoms with Gasteiger partial charge in [0.1, 0.15) is 5.65 Å². The van der Waals surface area contributed by atoms with Crippen LogP contribution in [-0.2, 0) is 0 Å². The van der Waals surface area contributed by atoms with Crippen molar-refractivity contribution in [2.45, 2.75) is 6.92 Å². The molecule has 2 aromatic heterocycles. The minimum absolute atomic E-state index is 0.0375. The van der Waals surface area contributed by atoms with Crippen LogP contribution in [0, 0.1) is 6.92 Å². The Morgan fingerprint density at radius 2 is 1.83 bits per heavy atom. The van der Waals surface area contributed by atoms with Crippen LogP contribution in [0.3, 0.4) is 0 Å². The maximum absolute atomic E-state index is 12.3. The van der Waals surface area contributed by atoms with E-state index in [1.165, 1.54) is 5.56 Å². The number of hydrogen-bond donors (Lipinski definition) is 0. The summed E-state index contributed by atoms with van der Waals surface area (Å²) in [7, 11) is 0. The van der Waals surface area contributed by atoms with Gasteiger partial charge in [-0.05, 0) is 24.6 Å². The fourth-order valence-corrected chi connectivity index (χ4v) is 1.96. The molecule has 88 valence electrons. The third-order valence-electron chi connectivity index (χ3n) is 2.98. The van der Waals surface area contributed by atoms with E-state index in [1.54, 1.807) is 16.8 Å². The molecule has 0 aliphatic rings. The van der Waals surface area contributed by atoms with E-state index < -0.39 is 0 Å². The third kappa shape index (κ3) is 1.70. The van der Waals surface area contributed by atoms with Crippen LogP contribution in [0.4, 0.5) is 0 Å². The van der Waals surface area contributed by atoms with Gasteiger partial charge in [-0.2, -0.15) is 0 Å². The first-order valence-corrected chi connectivity index (χ1v) is 5.79. The van der Waals surface area contributed by atoms with Gasteiger partial charge in [0.2, 0.25) is 0 Å². The lowest BCUT2D eigenvalue weighted by Gasteiger charge is -2.04. The molecular weight excluding hydrogens is 224 g/mol. The first-order chi connectivity index (χ1) is 8.75. The third-order valence-corrected chi connectivity index (χ3v) is 2.98. The lowest BCUT2D eigenvalue weighted by molar-refractivity contribution is 1.05. The van der Waals surface area contributed by atoms with Gasteiger partial charge in [-0.1, -0.05) is 35.9 Å². The summed E-state index contributed by atoms with van der Waals surface area (Å²) >= 11 is 0. The Kier molecular flexibility index (Phi) is 2.45. The molecule has 0 aliphatic heterocycles. The molecule has 2 heterocycles. The molecule has 3 heteroatoms. The average Bonchev–Trinajstić information content (AvgIpc) is 2.41. The Labute approximate surface area is 104 Å². The summed E-state index contributed by atoms with van der Waals surface area (Å²) in [6.45, 7) is 2.02. The predicted octanol–water partition coefficient (Wildman–Crippen LogP) is 2.67. The van der Waals surface area contributed by atoms with Crippen LogP contribution in [0.5, 0.6) is 0 Å². The molecule has 0 spiro atoms. The van der Waals surface area contributed by atoms with Crippen molar-refractivity contribution < 1.29 is 0 Å². The summed E-state index contributed by atoms with van der Waals surface area (Å²) in [5.74, 6) is 0. The summed E-state index contributed by atoms with van der Waals surface area (Å²) in [6.07, 6.45) is 3.38. The first kappa shape index (κ1) is 10.7. The van der Waals surface area contributed by atoms with Gasteiger partial charge in [0.05, 0.1) is 5.56 Å². The molecule has 18 heavy (non-hydrogen) atoms. The van der Waals surface area contributed by atoms with Crippen LogP contribution >= 0.6 is 0 Å². The van der Waals surface area contributed by atoms with Crippen molar-refractivity contribution in [3.05, 3.63) is 70.8 Å². The number of fused-ring (bicyclic) bond motifs is 1. The Hall–Kier alpha value is -2.42. The van der Waals surface area contributed by atoms with E-state index in [0.29, 0.717) is 11.2 Å². The highest BCUT2D eigenvalue weighted by molar-refractivity contribution is 5.63. The van der Waals surface area contributed by atoms with Crippen molar-refractivity contribution >= 4 is 5.65 Å². The molecule has 0 bridgehead atoms. The molecule has 0 aliphatic carbocycles. The Balaban J connectivity index is 2.27. The minimum atomic E-state index is -0.0375. The molecule has 3 rings (SSSR count). The van der Waals surface area contributed by atoms with Crippen molar-refractivity contribution in [2.75, 3.05) is 0 Å². The Morgan fingerprint density at radius 1 is 1.06 bits per heavy atom. The standard InChI is InChI=1S/C15H12N2O/c1-11-5-7-12(8-6-11)13-10-16-14-4-2-3-9-17(14)15(13)18/h2-10H,1H3. The number of aromatic nitrogens is 2. The molecule has 1 aromatic carbocycles. The summed E-state index contributed by atoms with van der Waals surface area (Å²) in [5, 5.41) is 0. The molecule has 3 aromatic rings. The first-order valence-electron chi connectivity index (χ1n) is 5.79. The van der Waals surface area contributed by atoms with Gasteiger partial charge in [-0.15, -0.1) is 0 Å². The number of benzene rings is 1. The zero-order chi connectivity index (χ0) is 12.5. The highest BCUT2D eigenvalue weighted by Crippen LogP contribution is 2.15. The van der Waals surface area contributed by atoms with E-state index in [4.69, 9.17) is 0 Å². The monoisotopic (exact) mass is 236 g/mol.